The van der Waals surface area contributed by atoms with Crippen molar-refractivity contribution in [3.63, 3.8) is 0 Å². The fraction of sp³-hybridized carbons (Fsp3) is 0.500. The summed E-state index contributed by atoms with van der Waals surface area (Å²) in [6.07, 6.45) is 2.29. The standard InChI is InChI=1S/C28H38O5Si/c1-7-23-25(29)27(31-19-22-16-12-9-13-17-22)26(33-34(5,6)28(2,3)4)24(32-23)20-30-18-21-14-10-8-11-15-21/h1,8-17,23-27,29H,18-20H2,2-6H3/t23-,24-,25+,26-,27-/m1/s1. The van der Waals surface area contributed by atoms with Gasteiger partial charge in [-0.3, -0.25) is 0 Å². The van der Waals surface area contributed by atoms with E-state index in [4.69, 9.17) is 25.1 Å². The van der Waals surface area contributed by atoms with E-state index < -0.39 is 38.8 Å². The first-order chi connectivity index (χ1) is 16.1. The van der Waals surface area contributed by atoms with Gasteiger partial charge in [-0.15, -0.1) is 6.42 Å². The molecule has 1 heterocycles. The molecule has 5 nitrogen and oxygen atoms in total. The van der Waals surface area contributed by atoms with Crippen molar-refractivity contribution in [1.82, 2.24) is 0 Å². The number of hydrogen-bond acceptors (Lipinski definition) is 5. The summed E-state index contributed by atoms with van der Waals surface area (Å²) in [5.74, 6) is 2.58. The minimum absolute atomic E-state index is 0.0274. The molecule has 1 saturated heterocycles. The van der Waals surface area contributed by atoms with E-state index in [0.29, 0.717) is 13.2 Å². The molecule has 2 aromatic carbocycles. The van der Waals surface area contributed by atoms with Gasteiger partial charge in [0.25, 0.3) is 0 Å². The van der Waals surface area contributed by atoms with Gasteiger partial charge in [0.05, 0.1) is 19.8 Å². The van der Waals surface area contributed by atoms with Gasteiger partial charge in [0.2, 0.25) is 0 Å². The molecule has 3 rings (SSSR count). The van der Waals surface area contributed by atoms with Crippen LogP contribution in [0.3, 0.4) is 0 Å². The lowest BCUT2D eigenvalue weighted by Gasteiger charge is -2.48. The molecule has 0 saturated carbocycles. The number of benzene rings is 2. The Labute approximate surface area is 205 Å². The van der Waals surface area contributed by atoms with Gasteiger partial charge in [0, 0.05) is 0 Å². The third-order valence-electron chi connectivity index (χ3n) is 6.74. The number of terminal acetylenes is 1. The lowest BCUT2D eigenvalue weighted by atomic mass is 9.95. The molecule has 6 heteroatoms. The SMILES string of the molecule is C#C[C@H]1O[C@H](COCc2ccccc2)[C@@H](O[Si](C)(C)C(C)(C)C)[C@H](OCc2ccccc2)[C@H]1O. The van der Waals surface area contributed by atoms with Gasteiger partial charge in [-0.25, -0.2) is 0 Å². The smallest absolute Gasteiger partial charge is 0.192 e. The van der Waals surface area contributed by atoms with Crippen LogP contribution in [0.5, 0.6) is 0 Å². The van der Waals surface area contributed by atoms with E-state index in [-0.39, 0.29) is 11.6 Å². The van der Waals surface area contributed by atoms with Crippen LogP contribution in [0.15, 0.2) is 60.7 Å². The van der Waals surface area contributed by atoms with Crippen molar-refractivity contribution in [2.45, 2.75) is 82.6 Å². The van der Waals surface area contributed by atoms with Crippen LogP contribution in [0, 0.1) is 12.3 Å². The first-order valence-corrected chi connectivity index (χ1v) is 14.8. The number of hydrogen-bond donors (Lipinski definition) is 1. The topological polar surface area (TPSA) is 57.2 Å². The Morgan fingerprint density at radius 3 is 2.03 bits per heavy atom. The maximum atomic E-state index is 11.1. The maximum absolute atomic E-state index is 11.1. The summed E-state index contributed by atoms with van der Waals surface area (Å²) in [5, 5.41) is 11.1. The summed E-state index contributed by atoms with van der Waals surface area (Å²) in [6.45, 7) is 12.0. The zero-order chi connectivity index (χ0) is 24.8. The Bertz CT molecular complexity index is 919. The zero-order valence-electron chi connectivity index (χ0n) is 20.9. The van der Waals surface area contributed by atoms with Gasteiger partial charge in [-0.1, -0.05) is 87.4 Å². The van der Waals surface area contributed by atoms with Gasteiger partial charge < -0.3 is 23.7 Å². The fourth-order valence-electron chi connectivity index (χ4n) is 3.68. The van der Waals surface area contributed by atoms with E-state index in [1.54, 1.807) is 0 Å². The fourth-order valence-corrected chi connectivity index (χ4v) is 5.00. The number of aliphatic hydroxyl groups is 1. The molecule has 5 atom stereocenters. The molecule has 0 amide bonds. The van der Waals surface area contributed by atoms with Crippen molar-refractivity contribution in [1.29, 1.82) is 0 Å². The molecule has 0 aliphatic carbocycles. The van der Waals surface area contributed by atoms with Gasteiger partial charge >= 0.3 is 0 Å². The van der Waals surface area contributed by atoms with Gasteiger partial charge in [0.15, 0.2) is 8.32 Å². The highest BCUT2D eigenvalue weighted by molar-refractivity contribution is 6.74. The normalized spacial score (nSPS) is 25.6. The highest BCUT2D eigenvalue weighted by atomic mass is 28.4. The van der Waals surface area contributed by atoms with Crippen LogP contribution in [0.2, 0.25) is 18.1 Å². The summed E-state index contributed by atoms with van der Waals surface area (Å²) in [5.41, 5.74) is 2.09. The van der Waals surface area contributed by atoms with Gasteiger partial charge in [-0.2, -0.15) is 0 Å². The Balaban J connectivity index is 1.82. The van der Waals surface area contributed by atoms with Crippen molar-refractivity contribution in [3.8, 4) is 12.3 Å². The highest BCUT2D eigenvalue weighted by Gasteiger charge is 2.50. The Hall–Kier alpha value is -1.98. The second-order valence-electron chi connectivity index (χ2n) is 10.4. The molecule has 0 unspecified atom stereocenters. The number of rotatable bonds is 9. The summed E-state index contributed by atoms with van der Waals surface area (Å²) in [4.78, 5) is 0. The van der Waals surface area contributed by atoms with Crippen molar-refractivity contribution >= 4 is 8.32 Å². The minimum atomic E-state index is -2.23. The molecule has 0 bridgehead atoms. The van der Waals surface area contributed by atoms with Crippen molar-refractivity contribution in [2.75, 3.05) is 6.61 Å². The molecular formula is C28H38O5Si. The minimum Gasteiger partial charge on any atom is -0.408 e. The predicted molar refractivity (Wildman–Crippen MR) is 137 cm³/mol. The lowest BCUT2D eigenvalue weighted by Crippen LogP contribution is -2.63. The Morgan fingerprint density at radius 2 is 1.50 bits per heavy atom. The summed E-state index contributed by atoms with van der Waals surface area (Å²) < 4.78 is 25.3. The van der Waals surface area contributed by atoms with Crippen molar-refractivity contribution < 1.29 is 23.7 Å². The van der Waals surface area contributed by atoms with Crippen LogP contribution in [0.4, 0.5) is 0 Å². The van der Waals surface area contributed by atoms with E-state index in [2.05, 4.69) is 39.8 Å². The third kappa shape index (κ3) is 6.79. The van der Waals surface area contributed by atoms with E-state index >= 15 is 0 Å². The summed E-state index contributed by atoms with van der Waals surface area (Å²) >= 11 is 0. The van der Waals surface area contributed by atoms with Crippen molar-refractivity contribution in [3.05, 3.63) is 71.8 Å². The van der Waals surface area contributed by atoms with Crippen LogP contribution >= 0.6 is 0 Å². The van der Waals surface area contributed by atoms with Crippen LogP contribution in [0.1, 0.15) is 31.9 Å². The molecule has 1 aliphatic heterocycles. The monoisotopic (exact) mass is 482 g/mol. The van der Waals surface area contributed by atoms with Crippen LogP contribution < -0.4 is 0 Å². The molecule has 0 aromatic heterocycles. The quantitative estimate of drug-likeness (QED) is 0.405. The van der Waals surface area contributed by atoms with E-state index in [0.717, 1.165) is 11.1 Å². The lowest BCUT2D eigenvalue weighted by molar-refractivity contribution is -0.230. The third-order valence-corrected chi connectivity index (χ3v) is 11.2. The van der Waals surface area contributed by atoms with Crippen LogP contribution in [-0.2, 0) is 31.9 Å². The largest absolute Gasteiger partial charge is 0.408 e. The highest BCUT2D eigenvalue weighted by Crippen LogP contribution is 2.40. The maximum Gasteiger partial charge on any atom is 0.192 e. The Kier molecular flexibility index (Phi) is 9.11. The molecule has 2 aromatic rings. The molecule has 1 aliphatic rings. The average Bonchev–Trinajstić information content (AvgIpc) is 2.80. The molecule has 184 valence electrons. The first-order valence-electron chi connectivity index (χ1n) is 11.9. The van der Waals surface area contributed by atoms with E-state index in [9.17, 15) is 5.11 Å². The number of ether oxygens (including phenoxy) is 3. The van der Waals surface area contributed by atoms with E-state index in [1.807, 2.05) is 60.7 Å². The van der Waals surface area contributed by atoms with Crippen molar-refractivity contribution in [2.24, 2.45) is 0 Å². The van der Waals surface area contributed by atoms with Crippen LogP contribution in [0.25, 0.3) is 0 Å². The second-order valence-corrected chi connectivity index (χ2v) is 15.1. The average molecular weight is 483 g/mol. The van der Waals surface area contributed by atoms with Gasteiger partial charge in [-0.05, 0) is 29.3 Å². The first kappa shape index (κ1) is 26.6. The molecule has 0 spiro atoms. The number of aliphatic hydroxyl groups excluding tert-OH is 1. The summed E-state index contributed by atoms with van der Waals surface area (Å²) in [7, 11) is -2.23. The Morgan fingerprint density at radius 1 is 0.941 bits per heavy atom. The molecule has 34 heavy (non-hydrogen) atoms. The zero-order valence-corrected chi connectivity index (χ0v) is 21.9. The van der Waals surface area contributed by atoms with Crippen LogP contribution in [-0.4, -0.2) is 50.6 Å². The second kappa shape index (κ2) is 11.6. The molecule has 0 radical (unpaired) electrons. The predicted octanol–water partition coefficient (Wildman–Crippen LogP) is 4.94. The van der Waals surface area contributed by atoms with Gasteiger partial charge in [0.1, 0.15) is 30.5 Å². The summed E-state index contributed by atoms with van der Waals surface area (Å²) in [6, 6.07) is 19.9. The molecule has 1 N–H and O–H groups in total. The van der Waals surface area contributed by atoms with E-state index in [1.165, 1.54) is 0 Å². The molecular weight excluding hydrogens is 444 g/mol. The molecule has 1 fully saturated rings.